The Morgan fingerprint density at radius 3 is 2.55 bits per heavy atom. The van der Waals surface area contributed by atoms with E-state index in [9.17, 15) is 0 Å². The first kappa shape index (κ1) is 6.74. The second-order valence-electron chi connectivity index (χ2n) is 2.10. The van der Waals surface area contributed by atoms with Gasteiger partial charge in [-0.1, -0.05) is 0 Å². The van der Waals surface area contributed by atoms with Crippen LogP contribution in [0.4, 0.5) is 0 Å². The zero-order valence-corrected chi connectivity index (χ0v) is 7.47. The van der Waals surface area contributed by atoms with Gasteiger partial charge in [0.05, 0.1) is 0 Å². The Bertz CT molecular complexity index is 388. The van der Waals surface area contributed by atoms with Gasteiger partial charge in [-0.15, -0.1) is 0 Å². The van der Waals surface area contributed by atoms with Gasteiger partial charge in [0.15, 0.2) is 0 Å². The van der Waals surface area contributed by atoms with E-state index in [0.29, 0.717) is 4.61 Å². The standard InChI is InChI=1S/C7H4AsN3/c8-7-9-5-3-1-2-4-6(5)10-11-7/h1-4H. The fourth-order valence-electron chi connectivity index (χ4n) is 0.872. The second kappa shape index (κ2) is 2.59. The van der Waals surface area contributed by atoms with Crippen LogP contribution in [0.1, 0.15) is 0 Å². The summed E-state index contributed by atoms with van der Waals surface area (Å²) in [6.45, 7) is 0. The number of aromatic nitrogens is 3. The van der Waals surface area contributed by atoms with Crippen molar-refractivity contribution in [2.45, 2.75) is 0 Å². The Labute approximate surface area is 72.4 Å². The van der Waals surface area contributed by atoms with Crippen LogP contribution in [0.5, 0.6) is 0 Å². The minimum absolute atomic E-state index is 0.649. The molecule has 0 aliphatic carbocycles. The van der Waals surface area contributed by atoms with Crippen molar-refractivity contribution < 1.29 is 0 Å². The first-order valence-corrected chi connectivity index (χ1v) is 4.08. The van der Waals surface area contributed by atoms with E-state index in [1.807, 2.05) is 24.3 Å². The summed E-state index contributed by atoms with van der Waals surface area (Å²) in [7, 11) is 0. The molecule has 2 aromatic rings. The summed E-state index contributed by atoms with van der Waals surface area (Å²) in [5.74, 6) is 0. The monoisotopic (exact) mass is 205 g/mol. The first-order chi connectivity index (χ1) is 5.36. The molecular weight excluding hydrogens is 201 g/mol. The number of nitrogens with zero attached hydrogens (tertiary/aromatic N) is 3. The van der Waals surface area contributed by atoms with Gasteiger partial charge in [-0.25, -0.2) is 0 Å². The predicted octanol–water partition coefficient (Wildman–Crippen LogP) is -0.181. The first-order valence-electron chi connectivity index (χ1n) is 3.15. The molecule has 0 atom stereocenters. The van der Waals surface area contributed by atoms with Gasteiger partial charge in [0.25, 0.3) is 0 Å². The molecule has 0 aliphatic heterocycles. The molecule has 0 bridgehead atoms. The normalized spacial score (nSPS) is 10.3. The molecule has 52 valence electrons. The summed E-state index contributed by atoms with van der Waals surface area (Å²) in [6, 6.07) is 7.66. The van der Waals surface area contributed by atoms with Crippen LogP contribution in [0.25, 0.3) is 11.0 Å². The minimum atomic E-state index is 0.649. The maximum absolute atomic E-state index is 4.17. The quantitative estimate of drug-likeness (QED) is 0.560. The third-order valence-electron chi connectivity index (χ3n) is 1.35. The molecule has 0 saturated carbocycles. The molecule has 1 heterocycles. The van der Waals surface area contributed by atoms with E-state index in [2.05, 4.69) is 32.0 Å². The molecule has 0 unspecified atom stereocenters. The van der Waals surface area contributed by atoms with Crippen molar-refractivity contribution in [3.63, 3.8) is 0 Å². The average Bonchev–Trinajstić information content (AvgIpc) is 2.04. The van der Waals surface area contributed by atoms with Crippen molar-refractivity contribution in [1.82, 2.24) is 15.2 Å². The third kappa shape index (κ3) is 1.24. The van der Waals surface area contributed by atoms with Crippen molar-refractivity contribution in [3.05, 3.63) is 24.3 Å². The van der Waals surface area contributed by atoms with Crippen LogP contribution in [-0.4, -0.2) is 32.0 Å². The second-order valence-corrected chi connectivity index (χ2v) is 2.94. The molecule has 3 nitrogen and oxygen atoms in total. The Balaban J connectivity index is 2.83. The van der Waals surface area contributed by atoms with Gasteiger partial charge >= 0.3 is 71.9 Å². The van der Waals surface area contributed by atoms with Gasteiger partial charge in [-0.3, -0.25) is 0 Å². The molecule has 1 aromatic carbocycles. The van der Waals surface area contributed by atoms with Crippen LogP contribution in [0.15, 0.2) is 24.3 Å². The van der Waals surface area contributed by atoms with Gasteiger partial charge in [-0.2, -0.15) is 0 Å². The molecule has 2 radical (unpaired) electrons. The fraction of sp³-hybridized carbons (Fsp3) is 0. The molecule has 0 aliphatic rings. The van der Waals surface area contributed by atoms with E-state index in [1.165, 1.54) is 0 Å². The summed E-state index contributed by atoms with van der Waals surface area (Å²) in [6.07, 6.45) is 0. The molecule has 1 aromatic heterocycles. The van der Waals surface area contributed by atoms with Gasteiger partial charge in [0, 0.05) is 0 Å². The fourth-order valence-corrected chi connectivity index (χ4v) is 1.19. The molecule has 4 heteroatoms. The van der Waals surface area contributed by atoms with Gasteiger partial charge in [0.1, 0.15) is 0 Å². The number of hydrogen-bond acceptors (Lipinski definition) is 3. The van der Waals surface area contributed by atoms with Crippen LogP contribution in [0, 0.1) is 0 Å². The third-order valence-corrected chi connectivity index (χ3v) is 1.75. The van der Waals surface area contributed by atoms with Crippen molar-refractivity contribution in [2.75, 3.05) is 0 Å². The topological polar surface area (TPSA) is 38.7 Å². The molecule has 11 heavy (non-hydrogen) atoms. The molecule has 0 fully saturated rings. The number of benzene rings is 1. The summed E-state index contributed by atoms with van der Waals surface area (Å²) in [5, 5.41) is 7.77. The van der Waals surface area contributed by atoms with Crippen molar-refractivity contribution in [1.29, 1.82) is 0 Å². The zero-order chi connectivity index (χ0) is 7.68. The summed E-state index contributed by atoms with van der Waals surface area (Å²) in [5.41, 5.74) is 1.72. The summed E-state index contributed by atoms with van der Waals surface area (Å²) < 4.78 is 0.649. The SMILES string of the molecule is [As]c1nnc2ccccc2n1. The molecule has 0 saturated heterocycles. The Morgan fingerprint density at radius 2 is 1.73 bits per heavy atom. The van der Waals surface area contributed by atoms with E-state index in [1.54, 1.807) is 0 Å². The number of rotatable bonds is 0. The van der Waals surface area contributed by atoms with Crippen LogP contribution in [-0.2, 0) is 0 Å². The Morgan fingerprint density at radius 1 is 1.00 bits per heavy atom. The van der Waals surface area contributed by atoms with Gasteiger partial charge in [-0.05, 0) is 0 Å². The van der Waals surface area contributed by atoms with E-state index >= 15 is 0 Å². The van der Waals surface area contributed by atoms with E-state index in [0.717, 1.165) is 11.0 Å². The van der Waals surface area contributed by atoms with Crippen LogP contribution in [0.2, 0.25) is 0 Å². The molecule has 0 N–H and O–H groups in total. The molecule has 0 amide bonds. The van der Waals surface area contributed by atoms with Crippen LogP contribution < -0.4 is 4.61 Å². The zero-order valence-electron chi connectivity index (χ0n) is 5.60. The van der Waals surface area contributed by atoms with Gasteiger partial charge in [0.2, 0.25) is 0 Å². The predicted molar refractivity (Wildman–Crippen MR) is 42.7 cm³/mol. The average molecular weight is 205 g/mol. The summed E-state index contributed by atoms with van der Waals surface area (Å²) in [4.78, 5) is 4.17. The number of fused-ring (bicyclic) bond motifs is 1. The number of para-hydroxylation sites is 1. The van der Waals surface area contributed by atoms with E-state index in [4.69, 9.17) is 0 Å². The number of hydrogen-bond donors (Lipinski definition) is 0. The molecule has 2 rings (SSSR count). The van der Waals surface area contributed by atoms with Gasteiger partial charge < -0.3 is 0 Å². The van der Waals surface area contributed by atoms with E-state index in [-0.39, 0.29) is 0 Å². The van der Waals surface area contributed by atoms with Crippen molar-refractivity contribution >= 4 is 32.5 Å². The van der Waals surface area contributed by atoms with Crippen LogP contribution >= 0.6 is 0 Å². The molecule has 0 spiro atoms. The Kier molecular flexibility index (Phi) is 1.59. The van der Waals surface area contributed by atoms with Crippen molar-refractivity contribution in [2.24, 2.45) is 0 Å². The van der Waals surface area contributed by atoms with Crippen molar-refractivity contribution in [3.8, 4) is 0 Å². The maximum atomic E-state index is 4.17. The molecular formula is C7H4AsN3. The Hall–Kier alpha value is -0.952. The summed E-state index contributed by atoms with van der Waals surface area (Å²) >= 11 is 2.27. The van der Waals surface area contributed by atoms with Crippen LogP contribution in [0.3, 0.4) is 0 Å². The van der Waals surface area contributed by atoms with E-state index < -0.39 is 0 Å².